The molecule has 3 rings (SSSR count). The van der Waals surface area contributed by atoms with Crippen molar-refractivity contribution in [2.24, 2.45) is 5.41 Å². The van der Waals surface area contributed by atoms with E-state index in [0.29, 0.717) is 17.6 Å². The summed E-state index contributed by atoms with van der Waals surface area (Å²) < 4.78 is 1.64. The molecule has 120 valence electrons. The maximum atomic E-state index is 10.5. The van der Waals surface area contributed by atoms with Gasteiger partial charge in [-0.2, -0.15) is 9.97 Å². The fraction of sp³-hybridized carbons (Fsp3) is 0.615. The largest absolute Gasteiger partial charge is 0.396 e. The van der Waals surface area contributed by atoms with Gasteiger partial charge in [-0.1, -0.05) is 6.92 Å². The van der Waals surface area contributed by atoms with E-state index < -0.39 is 23.2 Å². The van der Waals surface area contributed by atoms with Gasteiger partial charge in [0, 0.05) is 5.41 Å². The Morgan fingerprint density at radius 3 is 2.64 bits per heavy atom. The Kier molecular flexibility index (Phi) is 3.33. The molecule has 2 heterocycles. The number of nitrogens with zero attached hydrogens (tertiary/aromatic N) is 4. The highest BCUT2D eigenvalue weighted by atomic mass is 35.5. The molecule has 9 heteroatoms. The van der Waals surface area contributed by atoms with E-state index in [1.54, 1.807) is 18.4 Å². The van der Waals surface area contributed by atoms with Gasteiger partial charge >= 0.3 is 0 Å². The van der Waals surface area contributed by atoms with Gasteiger partial charge in [-0.3, -0.25) is 0 Å². The summed E-state index contributed by atoms with van der Waals surface area (Å²) in [6, 6.07) is 0. The van der Waals surface area contributed by atoms with E-state index in [1.807, 2.05) is 0 Å². The van der Waals surface area contributed by atoms with Gasteiger partial charge in [0.05, 0.1) is 24.6 Å². The van der Waals surface area contributed by atoms with Gasteiger partial charge in [0.25, 0.3) is 0 Å². The Morgan fingerprint density at radius 1 is 1.36 bits per heavy atom. The third-order valence-electron chi connectivity index (χ3n) is 4.72. The first-order valence-electron chi connectivity index (χ1n) is 6.86. The van der Waals surface area contributed by atoms with E-state index in [1.165, 1.54) is 6.33 Å². The highest BCUT2D eigenvalue weighted by Crippen LogP contribution is 2.48. The minimum Gasteiger partial charge on any atom is -0.396 e. The Balaban J connectivity index is 2.19. The molecule has 5 N–H and O–H groups in total. The van der Waals surface area contributed by atoms with Crippen molar-refractivity contribution in [2.45, 2.75) is 38.0 Å². The molecule has 0 aromatic carbocycles. The first kappa shape index (κ1) is 15.4. The zero-order valence-corrected chi connectivity index (χ0v) is 13.0. The molecule has 22 heavy (non-hydrogen) atoms. The van der Waals surface area contributed by atoms with Crippen molar-refractivity contribution in [3.63, 3.8) is 0 Å². The molecular weight excluding hydrogens is 310 g/mol. The summed E-state index contributed by atoms with van der Waals surface area (Å²) in [4.78, 5) is 12.2. The minimum atomic E-state index is -1.10. The van der Waals surface area contributed by atoms with Crippen LogP contribution in [0.5, 0.6) is 0 Å². The van der Waals surface area contributed by atoms with Gasteiger partial charge in [-0.05, 0) is 24.9 Å². The van der Waals surface area contributed by atoms with Crippen molar-refractivity contribution in [1.82, 2.24) is 19.5 Å². The number of hydrogen-bond acceptors (Lipinski definition) is 7. The number of aromatic nitrogens is 4. The normalized spacial score (nSPS) is 35.4. The molecule has 0 amide bonds. The molecule has 1 aliphatic rings. The minimum absolute atomic E-state index is 0.0201. The van der Waals surface area contributed by atoms with E-state index >= 15 is 0 Å². The standard InChI is InChI=1S/C13H18ClN5O3/c1-12(4-20)3-13(2,8(22)7(12)21)19-5-16-6-9(15)17-11(14)18-10(6)19/h5,7-8,20-22H,3-4H2,1-2H3,(H2,15,17,18)/t7-,8+,12+,13+/m0/s1. The predicted octanol–water partition coefficient (Wildman–Crippen LogP) is -0.0988. The Labute approximate surface area is 131 Å². The first-order chi connectivity index (χ1) is 10.2. The van der Waals surface area contributed by atoms with Crippen LogP contribution in [0.1, 0.15) is 20.3 Å². The van der Waals surface area contributed by atoms with Gasteiger partial charge in [0.15, 0.2) is 11.5 Å². The number of fused-ring (bicyclic) bond motifs is 1. The van der Waals surface area contributed by atoms with Crippen LogP contribution in [0.3, 0.4) is 0 Å². The summed E-state index contributed by atoms with van der Waals surface area (Å²) in [5.41, 5.74) is 4.82. The molecule has 0 saturated heterocycles. The summed E-state index contributed by atoms with van der Waals surface area (Å²) in [5.74, 6) is 0.148. The number of nitrogen functional groups attached to an aromatic ring is 1. The molecule has 2 aromatic heterocycles. The highest BCUT2D eigenvalue weighted by molar-refractivity contribution is 6.28. The van der Waals surface area contributed by atoms with Crippen LogP contribution in [0, 0.1) is 5.41 Å². The monoisotopic (exact) mass is 327 g/mol. The van der Waals surface area contributed by atoms with Crippen molar-refractivity contribution >= 4 is 28.6 Å². The second-order valence-corrected chi connectivity index (χ2v) is 6.74. The van der Waals surface area contributed by atoms with E-state index in [0.717, 1.165) is 0 Å². The topological polar surface area (TPSA) is 130 Å². The van der Waals surface area contributed by atoms with E-state index in [-0.39, 0.29) is 17.7 Å². The number of hydrogen-bond donors (Lipinski definition) is 4. The number of imidazole rings is 1. The Morgan fingerprint density at radius 2 is 2.05 bits per heavy atom. The van der Waals surface area contributed by atoms with Crippen LogP contribution in [0.15, 0.2) is 6.33 Å². The van der Waals surface area contributed by atoms with E-state index in [9.17, 15) is 15.3 Å². The summed E-state index contributed by atoms with van der Waals surface area (Å²) >= 11 is 5.86. The summed E-state index contributed by atoms with van der Waals surface area (Å²) in [6.45, 7) is 3.25. The zero-order valence-electron chi connectivity index (χ0n) is 12.2. The van der Waals surface area contributed by atoms with Crippen molar-refractivity contribution in [1.29, 1.82) is 0 Å². The third kappa shape index (κ3) is 1.91. The molecule has 2 aromatic rings. The summed E-state index contributed by atoms with van der Waals surface area (Å²) in [6.07, 6.45) is -0.344. The maximum absolute atomic E-state index is 10.5. The molecule has 1 fully saturated rings. The van der Waals surface area contributed by atoms with Gasteiger partial charge in [0.2, 0.25) is 5.28 Å². The van der Waals surface area contributed by atoms with Gasteiger partial charge in [-0.15, -0.1) is 0 Å². The molecule has 0 bridgehead atoms. The van der Waals surface area contributed by atoms with Crippen LogP contribution in [0.4, 0.5) is 5.82 Å². The number of halogens is 1. The van der Waals surface area contributed by atoms with Crippen LogP contribution >= 0.6 is 11.6 Å². The quantitative estimate of drug-likeness (QED) is 0.566. The SMILES string of the molecule is C[C@]1(CO)C[C@@](C)(n2cnc3c(N)nc(Cl)nc32)[C@H](O)[C@@H]1O. The van der Waals surface area contributed by atoms with Gasteiger partial charge in [0.1, 0.15) is 11.6 Å². The molecular formula is C13H18ClN5O3. The van der Waals surface area contributed by atoms with Gasteiger partial charge < -0.3 is 25.6 Å². The lowest BCUT2D eigenvalue weighted by Gasteiger charge is -2.31. The second kappa shape index (κ2) is 4.76. The predicted molar refractivity (Wildman–Crippen MR) is 80.2 cm³/mol. The average Bonchev–Trinajstić information content (AvgIpc) is 2.95. The van der Waals surface area contributed by atoms with Crippen molar-refractivity contribution in [3.05, 3.63) is 11.6 Å². The smallest absolute Gasteiger partial charge is 0.226 e. The first-order valence-corrected chi connectivity index (χ1v) is 7.24. The van der Waals surface area contributed by atoms with Crippen LogP contribution < -0.4 is 5.73 Å². The van der Waals surface area contributed by atoms with Crippen molar-refractivity contribution < 1.29 is 15.3 Å². The lowest BCUT2D eigenvalue weighted by Crippen LogP contribution is -2.42. The highest BCUT2D eigenvalue weighted by Gasteiger charge is 2.57. The van der Waals surface area contributed by atoms with Crippen molar-refractivity contribution in [2.75, 3.05) is 12.3 Å². The zero-order chi connectivity index (χ0) is 16.3. The molecule has 8 nitrogen and oxygen atoms in total. The summed E-state index contributed by atoms with van der Waals surface area (Å²) in [5, 5.41) is 30.4. The Hall–Kier alpha value is -1.48. The number of rotatable bonds is 2. The molecule has 1 saturated carbocycles. The maximum Gasteiger partial charge on any atom is 0.226 e. The number of anilines is 1. The molecule has 0 radical (unpaired) electrons. The molecule has 1 aliphatic carbocycles. The van der Waals surface area contributed by atoms with Gasteiger partial charge in [-0.25, -0.2) is 4.98 Å². The second-order valence-electron chi connectivity index (χ2n) is 6.40. The Bertz CT molecular complexity index is 738. The van der Waals surface area contributed by atoms with Crippen molar-refractivity contribution in [3.8, 4) is 0 Å². The lowest BCUT2D eigenvalue weighted by molar-refractivity contribution is -0.0495. The number of aliphatic hydroxyl groups is 3. The third-order valence-corrected chi connectivity index (χ3v) is 4.89. The molecule has 0 aliphatic heterocycles. The fourth-order valence-electron chi connectivity index (χ4n) is 3.39. The molecule has 0 spiro atoms. The fourth-order valence-corrected chi connectivity index (χ4v) is 3.56. The van der Waals surface area contributed by atoms with E-state index in [2.05, 4.69) is 15.0 Å². The lowest BCUT2D eigenvalue weighted by atomic mass is 9.85. The number of aliphatic hydroxyl groups excluding tert-OH is 3. The van der Waals surface area contributed by atoms with Crippen LogP contribution in [0.25, 0.3) is 11.2 Å². The average molecular weight is 328 g/mol. The van der Waals surface area contributed by atoms with Crippen LogP contribution in [0.2, 0.25) is 5.28 Å². The number of nitrogens with two attached hydrogens (primary N) is 1. The van der Waals surface area contributed by atoms with Crippen LogP contribution in [-0.2, 0) is 5.54 Å². The molecule has 0 unspecified atom stereocenters. The molecule has 4 atom stereocenters. The van der Waals surface area contributed by atoms with E-state index in [4.69, 9.17) is 17.3 Å². The summed E-state index contributed by atoms with van der Waals surface area (Å²) in [7, 11) is 0. The van der Waals surface area contributed by atoms with Crippen LogP contribution in [-0.4, -0.2) is 53.7 Å².